The molecule has 5 aliphatic heterocycles. The van der Waals surface area contributed by atoms with Crippen LogP contribution in [0.2, 0.25) is 0 Å². The van der Waals surface area contributed by atoms with Gasteiger partial charge in [-0.3, -0.25) is 9.59 Å². The van der Waals surface area contributed by atoms with E-state index in [4.69, 9.17) is 42.6 Å². The first-order chi connectivity index (χ1) is 29.3. The summed E-state index contributed by atoms with van der Waals surface area (Å²) < 4.78 is 50.8. The van der Waals surface area contributed by atoms with Gasteiger partial charge in [-0.05, 0) is 0 Å². The van der Waals surface area contributed by atoms with Gasteiger partial charge in [-0.2, -0.15) is 0 Å². The fraction of sp³-hybridized carbons (Fsp3) is 0.941. The van der Waals surface area contributed by atoms with Crippen molar-refractivity contribution in [3.05, 3.63) is 0 Å². The summed E-state index contributed by atoms with van der Waals surface area (Å²) >= 11 is 0. The average molecular weight is 911 g/mol. The van der Waals surface area contributed by atoms with Crippen LogP contribution in [0.3, 0.4) is 0 Å². The maximum absolute atomic E-state index is 12.4. The molecule has 25 atom stereocenters. The first kappa shape index (κ1) is 51.0. The van der Waals surface area contributed by atoms with Gasteiger partial charge in [0.05, 0.1) is 33.0 Å². The number of amides is 2. The minimum Gasteiger partial charge on any atom is -0.394 e. The van der Waals surface area contributed by atoms with Crippen molar-refractivity contribution >= 4 is 11.8 Å². The second-order valence-electron chi connectivity index (χ2n) is 15.5. The van der Waals surface area contributed by atoms with Crippen LogP contribution >= 0.6 is 0 Å². The van der Waals surface area contributed by atoms with Gasteiger partial charge in [0.15, 0.2) is 31.5 Å². The van der Waals surface area contributed by atoms with Crippen LogP contribution in [0, 0.1) is 0 Å². The standard InChI is InChI=1S/C34H58N2O26/c1-8(41)35-15-20(46)27(12(5-39)55-30(15)53)60-31-16(36-9(2)42)21(47)28(13(6-40)58-31)61-34-26(52)29(62-33-25(51)23(49)18(44)11(4-38)57-33)19(45)14(59-34)7-54-32-24(50)22(48)17(43)10(3-37)56-32/h10-34,37-40,43-53H,3-7H2,1-2H3,(H,35,41)(H,36,42)/t10?,11-,12?,13?,14?,15?,16?,17+,18+,19+,20+,21+,22-,23?,24?,25?,26?,27+,28+,29-,30?,31-,32-,33+,34-/m0/s1. The normalized spacial score (nSPS) is 49.0. The lowest BCUT2D eigenvalue weighted by Crippen LogP contribution is -2.70. The van der Waals surface area contributed by atoms with Crippen molar-refractivity contribution in [2.75, 3.05) is 33.0 Å². The molecule has 28 nitrogen and oxygen atoms in total. The molecule has 0 radical (unpaired) electrons. The Hall–Kier alpha value is -2.02. The topological polar surface area (TPSA) is 445 Å². The number of aliphatic hydroxyl groups excluding tert-OH is 15. The minimum absolute atomic E-state index is 0.693. The summed E-state index contributed by atoms with van der Waals surface area (Å²) in [6, 6.07) is -3.19. The van der Waals surface area contributed by atoms with Crippen molar-refractivity contribution in [1.29, 1.82) is 0 Å². The smallest absolute Gasteiger partial charge is 0.217 e. The molecule has 0 aromatic heterocycles. The Labute approximate surface area is 351 Å². The summed E-state index contributed by atoms with van der Waals surface area (Å²) in [5, 5.41) is 163. The lowest BCUT2D eigenvalue weighted by molar-refractivity contribution is -0.384. The van der Waals surface area contributed by atoms with Gasteiger partial charge in [0, 0.05) is 13.8 Å². The molecule has 5 aliphatic rings. The molecule has 0 aliphatic carbocycles. The van der Waals surface area contributed by atoms with Crippen LogP contribution in [-0.4, -0.2) is 275 Å². The van der Waals surface area contributed by atoms with E-state index in [9.17, 15) is 86.2 Å². The zero-order chi connectivity index (χ0) is 45.9. The Morgan fingerprint density at radius 2 is 0.823 bits per heavy atom. The molecule has 5 rings (SSSR count). The van der Waals surface area contributed by atoms with Gasteiger partial charge in [0.2, 0.25) is 11.8 Å². The van der Waals surface area contributed by atoms with Gasteiger partial charge in [0.1, 0.15) is 122 Å². The molecule has 0 aromatic rings. The molecule has 0 bridgehead atoms. The Morgan fingerprint density at radius 3 is 1.35 bits per heavy atom. The van der Waals surface area contributed by atoms with Crippen LogP contribution in [-0.2, 0) is 52.2 Å². The lowest BCUT2D eigenvalue weighted by atomic mass is 9.94. The molecular formula is C34H58N2O26. The van der Waals surface area contributed by atoms with E-state index in [-0.39, 0.29) is 0 Å². The van der Waals surface area contributed by atoms with E-state index in [1.807, 2.05) is 0 Å². The lowest BCUT2D eigenvalue weighted by Gasteiger charge is -2.50. The summed E-state index contributed by atoms with van der Waals surface area (Å²) in [6.07, 6.45) is -42.3. The fourth-order valence-electron chi connectivity index (χ4n) is 7.73. The maximum Gasteiger partial charge on any atom is 0.217 e. The van der Waals surface area contributed by atoms with Crippen LogP contribution in [0.5, 0.6) is 0 Å². The monoisotopic (exact) mass is 910 g/mol. The molecule has 0 aromatic carbocycles. The Morgan fingerprint density at radius 1 is 0.419 bits per heavy atom. The van der Waals surface area contributed by atoms with Crippen LogP contribution in [0.25, 0.3) is 0 Å². The van der Waals surface area contributed by atoms with Gasteiger partial charge < -0.3 is 130 Å². The van der Waals surface area contributed by atoms with Gasteiger partial charge in [-0.25, -0.2) is 0 Å². The van der Waals surface area contributed by atoms with Crippen molar-refractivity contribution in [3.8, 4) is 0 Å². The molecule has 11 unspecified atom stereocenters. The highest BCUT2D eigenvalue weighted by atomic mass is 16.8. The van der Waals surface area contributed by atoms with Crippen molar-refractivity contribution in [3.63, 3.8) is 0 Å². The fourth-order valence-corrected chi connectivity index (χ4v) is 7.73. The van der Waals surface area contributed by atoms with Crippen molar-refractivity contribution in [1.82, 2.24) is 10.6 Å². The van der Waals surface area contributed by atoms with E-state index >= 15 is 0 Å². The largest absolute Gasteiger partial charge is 0.394 e. The molecule has 0 spiro atoms. The van der Waals surface area contributed by atoms with Gasteiger partial charge in [-0.15, -0.1) is 0 Å². The highest BCUT2D eigenvalue weighted by molar-refractivity contribution is 5.73. The second-order valence-corrected chi connectivity index (χ2v) is 15.5. The van der Waals surface area contributed by atoms with Crippen LogP contribution in [0.15, 0.2) is 0 Å². The number of nitrogens with one attached hydrogen (secondary N) is 2. The van der Waals surface area contributed by atoms with E-state index in [2.05, 4.69) is 10.6 Å². The molecule has 28 heteroatoms. The van der Waals surface area contributed by atoms with E-state index in [0.29, 0.717) is 0 Å². The zero-order valence-electron chi connectivity index (χ0n) is 33.2. The molecule has 360 valence electrons. The number of rotatable bonds is 15. The third-order valence-corrected chi connectivity index (χ3v) is 11.1. The highest BCUT2D eigenvalue weighted by Gasteiger charge is 2.56. The molecule has 17 N–H and O–H groups in total. The molecule has 5 fully saturated rings. The van der Waals surface area contributed by atoms with E-state index in [1.54, 1.807) is 0 Å². The summed E-state index contributed by atoms with van der Waals surface area (Å²) in [6.45, 7) is -2.31. The Kier molecular flexibility index (Phi) is 18.1. The van der Waals surface area contributed by atoms with Gasteiger partial charge in [0.25, 0.3) is 0 Å². The van der Waals surface area contributed by atoms with Crippen molar-refractivity contribution in [2.24, 2.45) is 0 Å². The predicted molar refractivity (Wildman–Crippen MR) is 190 cm³/mol. The summed E-state index contributed by atoms with van der Waals surface area (Å²) in [5.41, 5.74) is 0. The summed E-state index contributed by atoms with van der Waals surface area (Å²) in [5.74, 6) is -1.49. The van der Waals surface area contributed by atoms with E-state index in [0.717, 1.165) is 13.8 Å². The third kappa shape index (κ3) is 11.0. The quantitative estimate of drug-likeness (QED) is 0.0725. The van der Waals surface area contributed by atoms with Crippen LogP contribution < -0.4 is 10.6 Å². The number of hydrogen-bond donors (Lipinski definition) is 17. The zero-order valence-corrected chi connectivity index (χ0v) is 33.2. The number of carbonyl (C=O) groups excluding carboxylic acids is 2. The summed E-state index contributed by atoms with van der Waals surface area (Å²) in [7, 11) is 0. The van der Waals surface area contributed by atoms with Gasteiger partial charge >= 0.3 is 0 Å². The van der Waals surface area contributed by atoms with E-state index < -0.39 is 198 Å². The Balaban J connectivity index is 1.41. The van der Waals surface area contributed by atoms with Crippen LogP contribution in [0.4, 0.5) is 0 Å². The summed E-state index contributed by atoms with van der Waals surface area (Å²) in [4.78, 5) is 24.2. The predicted octanol–water partition coefficient (Wildman–Crippen LogP) is -11.6. The average Bonchev–Trinajstić information content (AvgIpc) is 3.23. The van der Waals surface area contributed by atoms with Crippen molar-refractivity contribution < 1.29 is 129 Å². The molecule has 5 saturated heterocycles. The number of carbonyl (C=O) groups is 2. The SMILES string of the molecule is CC(=O)NC1C(O)OC(CO)[C@@H](O[C@@H]2OC(CO)[C@@H](O[C@@H]3OC(CO[C@H]4OC(CO)[C@@H](O)[C@H](O)C4O)[C@@H](O)[C@H](O[C@H]4O[C@@H](CO)[C@@H](O)C(O)C4O)C3O)[C@H](O)C2NC(C)=O)[C@@H]1O. The van der Waals surface area contributed by atoms with E-state index in [1.165, 1.54) is 0 Å². The third-order valence-electron chi connectivity index (χ3n) is 11.1. The number of hydrogen-bond acceptors (Lipinski definition) is 26. The molecule has 5 heterocycles. The van der Waals surface area contributed by atoms with Gasteiger partial charge in [-0.1, -0.05) is 0 Å². The maximum atomic E-state index is 12.4. The van der Waals surface area contributed by atoms with Crippen LogP contribution in [0.1, 0.15) is 13.8 Å². The Bertz CT molecular complexity index is 1440. The first-order valence-corrected chi connectivity index (χ1v) is 19.6. The molecule has 0 saturated carbocycles. The molecule has 2 amide bonds. The first-order valence-electron chi connectivity index (χ1n) is 19.6. The number of aliphatic hydroxyl groups is 15. The number of ether oxygens (including phenoxy) is 9. The second kappa shape index (κ2) is 22.0. The van der Waals surface area contributed by atoms with Crippen molar-refractivity contribution in [2.45, 2.75) is 167 Å². The minimum atomic E-state index is -2.18. The molecule has 62 heavy (non-hydrogen) atoms. The highest BCUT2D eigenvalue weighted by Crippen LogP contribution is 2.35. The molecular weight excluding hydrogens is 852 g/mol.